The zero-order valence-electron chi connectivity index (χ0n) is 20.2. The lowest BCUT2D eigenvalue weighted by Crippen LogP contribution is -2.28. The molecule has 1 aliphatic heterocycles. The lowest BCUT2D eigenvalue weighted by Gasteiger charge is -2.15. The van der Waals surface area contributed by atoms with Crippen LogP contribution in [-0.2, 0) is 11.4 Å². The molecule has 0 aliphatic carbocycles. The van der Waals surface area contributed by atoms with Gasteiger partial charge in [-0.3, -0.25) is 9.69 Å². The van der Waals surface area contributed by atoms with Crippen molar-refractivity contribution in [2.24, 2.45) is 4.99 Å². The van der Waals surface area contributed by atoms with Crippen LogP contribution in [0.2, 0.25) is 0 Å². The Morgan fingerprint density at radius 2 is 1.84 bits per heavy atom. The number of aliphatic imine (C=N–C) groups is 1. The number of carbonyl (C=O) groups excluding carboxylic acids is 1. The third-order valence-electron chi connectivity index (χ3n) is 5.43. The molecule has 0 bridgehead atoms. The molecule has 0 unspecified atom stereocenters. The van der Waals surface area contributed by atoms with Gasteiger partial charge in [-0.05, 0) is 79.7 Å². The number of thioether (sulfide) groups is 1. The van der Waals surface area contributed by atoms with E-state index in [0.29, 0.717) is 50.4 Å². The van der Waals surface area contributed by atoms with Crippen molar-refractivity contribution in [3.63, 3.8) is 0 Å². The number of halogens is 2. The van der Waals surface area contributed by atoms with E-state index < -0.39 is 0 Å². The number of likely N-dealkylation sites (N-methyl/N-ethyl adjacent to an activating group) is 1. The SMILES string of the molecule is CCOc1cc(/C=C2/SC(=Nc3ccc(F)cc3)N(CC)C2=O)c(Br)cc1OCc1ccccc1C#N. The summed E-state index contributed by atoms with van der Waals surface area (Å²) in [7, 11) is 0. The maximum atomic E-state index is 13.3. The second kappa shape index (κ2) is 12.1. The number of hydrogen-bond acceptors (Lipinski definition) is 6. The van der Waals surface area contributed by atoms with Gasteiger partial charge in [-0.1, -0.05) is 34.1 Å². The van der Waals surface area contributed by atoms with E-state index in [2.05, 4.69) is 27.0 Å². The Hall–Kier alpha value is -3.61. The summed E-state index contributed by atoms with van der Waals surface area (Å²) in [6.45, 7) is 4.84. The summed E-state index contributed by atoms with van der Waals surface area (Å²) in [4.78, 5) is 19.7. The molecule has 1 amide bonds. The zero-order chi connectivity index (χ0) is 26.4. The average Bonchev–Trinajstić information content (AvgIpc) is 3.19. The highest BCUT2D eigenvalue weighted by molar-refractivity contribution is 9.10. The van der Waals surface area contributed by atoms with E-state index in [4.69, 9.17) is 9.47 Å². The number of carbonyl (C=O) groups is 1. The van der Waals surface area contributed by atoms with Gasteiger partial charge < -0.3 is 9.47 Å². The maximum Gasteiger partial charge on any atom is 0.266 e. The fourth-order valence-corrected chi connectivity index (χ4v) is 5.08. The van der Waals surface area contributed by atoms with Gasteiger partial charge in [0, 0.05) is 16.6 Å². The molecule has 9 heteroatoms. The smallest absolute Gasteiger partial charge is 0.266 e. The Bertz CT molecular complexity index is 1420. The van der Waals surface area contributed by atoms with Crippen molar-refractivity contribution < 1.29 is 18.7 Å². The minimum Gasteiger partial charge on any atom is -0.490 e. The number of rotatable bonds is 8. The molecule has 3 aromatic rings. The highest BCUT2D eigenvalue weighted by Crippen LogP contribution is 2.39. The monoisotopic (exact) mass is 579 g/mol. The predicted octanol–water partition coefficient (Wildman–Crippen LogP) is 7.06. The number of benzene rings is 3. The number of nitriles is 1. The molecule has 0 spiro atoms. The Morgan fingerprint density at radius 1 is 1.11 bits per heavy atom. The van der Waals surface area contributed by atoms with Crippen LogP contribution in [0.1, 0.15) is 30.5 Å². The molecular weight excluding hydrogens is 557 g/mol. The molecule has 6 nitrogen and oxygen atoms in total. The lowest BCUT2D eigenvalue weighted by atomic mass is 10.1. The zero-order valence-corrected chi connectivity index (χ0v) is 22.6. The lowest BCUT2D eigenvalue weighted by molar-refractivity contribution is -0.122. The predicted molar refractivity (Wildman–Crippen MR) is 147 cm³/mol. The van der Waals surface area contributed by atoms with Crippen LogP contribution >= 0.6 is 27.7 Å². The minimum atomic E-state index is -0.344. The maximum absolute atomic E-state index is 13.3. The van der Waals surface area contributed by atoms with E-state index in [9.17, 15) is 14.4 Å². The molecule has 0 aromatic heterocycles. The third kappa shape index (κ3) is 6.21. The largest absolute Gasteiger partial charge is 0.490 e. The summed E-state index contributed by atoms with van der Waals surface area (Å²) in [5.74, 6) is 0.535. The van der Waals surface area contributed by atoms with Crippen molar-refractivity contribution in [1.29, 1.82) is 5.26 Å². The van der Waals surface area contributed by atoms with Crippen LogP contribution < -0.4 is 9.47 Å². The number of ether oxygens (including phenoxy) is 2. The second-order valence-electron chi connectivity index (χ2n) is 7.84. The number of nitrogens with zero attached hydrogens (tertiary/aromatic N) is 3. The van der Waals surface area contributed by atoms with Gasteiger partial charge in [-0.15, -0.1) is 0 Å². The number of hydrogen-bond donors (Lipinski definition) is 0. The normalized spacial score (nSPS) is 15.3. The van der Waals surface area contributed by atoms with E-state index in [0.717, 1.165) is 11.1 Å². The summed E-state index contributed by atoms with van der Waals surface area (Å²) in [6, 6.07) is 18.9. The first kappa shape index (κ1) is 26.5. The van der Waals surface area contributed by atoms with Crippen molar-refractivity contribution >= 4 is 50.5 Å². The van der Waals surface area contributed by atoms with E-state index in [1.807, 2.05) is 38.1 Å². The fourth-order valence-electron chi connectivity index (χ4n) is 3.59. The Morgan fingerprint density at radius 3 is 2.54 bits per heavy atom. The first-order valence-corrected chi connectivity index (χ1v) is 13.2. The summed E-state index contributed by atoms with van der Waals surface area (Å²) < 4.78 is 25.8. The van der Waals surface area contributed by atoms with Crippen LogP contribution in [0.25, 0.3) is 6.08 Å². The molecule has 0 N–H and O–H groups in total. The van der Waals surface area contributed by atoms with Crippen LogP contribution in [0.3, 0.4) is 0 Å². The molecule has 188 valence electrons. The number of amides is 1. The van der Waals surface area contributed by atoms with Crippen molar-refractivity contribution in [1.82, 2.24) is 4.90 Å². The second-order valence-corrected chi connectivity index (χ2v) is 9.71. The quantitative estimate of drug-likeness (QED) is 0.267. The van der Waals surface area contributed by atoms with Crippen LogP contribution in [0.15, 0.2) is 75.0 Å². The van der Waals surface area contributed by atoms with Crippen LogP contribution in [-0.4, -0.2) is 29.1 Å². The van der Waals surface area contributed by atoms with Crippen molar-refractivity contribution in [3.05, 3.63) is 92.5 Å². The van der Waals surface area contributed by atoms with Gasteiger partial charge in [0.25, 0.3) is 5.91 Å². The molecule has 37 heavy (non-hydrogen) atoms. The van der Waals surface area contributed by atoms with Crippen molar-refractivity contribution in [3.8, 4) is 17.6 Å². The van der Waals surface area contributed by atoms with E-state index >= 15 is 0 Å². The molecule has 0 radical (unpaired) electrons. The number of amidine groups is 1. The third-order valence-corrected chi connectivity index (χ3v) is 7.12. The molecule has 1 heterocycles. The molecule has 1 fully saturated rings. The van der Waals surface area contributed by atoms with E-state index in [1.54, 1.807) is 35.2 Å². The van der Waals surface area contributed by atoms with E-state index in [-0.39, 0.29) is 18.3 Å². The summed E-state index contributed by atoms with van der Waals surface area (Å²) >= 11 is 4.85. The highest BCUT2D eigenvalue weighted by Gasteiger charge is 2.32. The first-order valence-electron chi connectivity index (χ1n) is 11.6. The minimum absolute atomic E-state index is 0.161. The van der Waals surface area contributed by atoms with Crippen LogP contribution in [0, 0.1) is 17.1 Å². The summed E-state index contributed by atoms with van der Waals surface area (Å²) in [6.07, 6.45) is 1.78. The van der Waals surface area contributed by atoms with Crippen molar-refractivity contribution in [2.75, 3.05) is 13.2 Å². The highest BCUT2D eigenvalue weighted by atomic mass is 79.9. The van der Waals surface area contributed by atoms with E-state index in [1.165, 1.54) is 23.9 Å². The first-order chi connectivity index (χ1) is 17.9. The Labute approximate surface area is 227 Å². The molecule has 3 aromatic carbocycles. The summed E-state index contributed by atoms with van der Waals surface area (Å²) in [5, 5.41) is 9.87. The van der Waals surface area contributed by atoms with Gasteiger partial charge >= 0.3 is 0 Å². The van der Waals surface area contributed by atoms with Gasteiger partial charge in [0.1, 0.15) is 12.4 Å². The summed E-state index contributed by atoms with van der Waals surface area (Å²) in [5.41, 5.74) is 2.63. The average molecular weight is 580 g/mol. The Kier molecular flexibility index (Phi) is 8.64. The van der Waals surface area contributed by atoms with Crippen LogP contribution in [0.5, 0.6) is 11.5 Å². The Balaban J connectivity index is 1.62. The topological polar surface area (TPSA) is 74.9 Å². The molecule has 0 atom stereocenters. The molecule has 1 saturated heterocycles. The molecular formula is C28H23BrFN3O3S. The molecule has 1 aliphatic rings. The van der Waals surface area contributed by atoms with Gasteiger partial charge in [-0.2, -0.15) is 5.26 Å². The van der Waals surface area contributed by atoms with Gasteiger partial charge in [0.2, 0.25) is 0 Å². The van der Waals surface area contributed by atoms with Crippen LogP contribution in [0.4, 0.5) is 10.1 Å². The standard InChI is InChI=1S/C28H23BrFN3O3S/c1-3-33-27(34)26(37-28(33)32-22-11-9-21(30)10-12-22)14-20-13-24(35-4-2)25(15-23(20)29)36-17-19-8-6-5-7-18(19)16-31/h5-15H,3-4,17H2,1-2H3/b26-14+,32-28?. The van der Waals surface area contributed by atoms with Crippen molar-refractivity contribution in [2.45, 2.75) is 20.5 Å². The van der Waals surface area contributed by atoms with Gasteiger partial charge in [0.15, 0.2) is 16.7 Å². The molecule has 4 rings (SSSR count). The van der Waals surface area contributed by atoms with Gasteiger partial charge in [-0.25, -0.2) is 9.38 Å². The molecule has 0 saturated carbocycles. The fraction of sp³-hybridized carbons (Fsp3) is 0.179. The van der Waals surface area contributed by atoms with Gasteiger partial charge in [0.05, 0.1) is 28.8 Å².